The summed E-state index contributed by atoms with van der Waals surface area (Å²) in [7, 11) is 0. The summed E-state index contributed by atoms with van der Waals surface area (Å²) in [6.07, 6.45) is 0.0536. The Morgan fingerprint density at radius 3 is 2.79 bits per heavy atom. The van der Waals surface area contributed by atoms with E-state index in [-0.39, 0.29) is 18.2 Å². The maximum absolute atomic E-state index is 12.9. The molecule has 0 spiro atoms. The number of aliphatic carboxylic acids is 1. The minimum atomic E-state index is -0.849. The van der Waals surface area contributed by atoms with Crippen LogP contribution in [-0.4, -0.2) is 11.1 Å². The summed E-state index contributed by atoms with van der Waals surface area (Å²) < 4.78 is 13.2. The fourth-order valence-electron chi connectivity index (χ4n) is 1.20. The third kappa shape index (κ3) is 2.80. The number of rotatable bonds is 3. The van der Waals surface area contributed by atoms with Gasteiger partial charge in [0.25, 0.3) is 0 Å². The van der Waals surface area contributed by atoms with Crippen molar-refractivity contribution < 1.29 is 14.3 Å². The van der Waals surface area contributed by atoms with E-state index in [2.05, 4.69) is 15.9 Å². The molecule has 1 aromatic carbocycles. The Kier molecular flexibility index (Phi) is 3.63. The highest BCUT2D eigenvalue weighted by Crippen LogP contribution is 2.24. The predicted octanol–water partition coefficient (Wildman–Crippen LogP) is 3.17. The largest absolute Gasteiger partial charge is 0.481 e. The van der Waals surface area contributed by atoms with Gasteiger partial charge in [0.05, 0.1) is 10.9 Å². The highest BCUT2D eigenvalue weighted by Gasteiger charge is 2.11. The first-order chi connectivity index (χ1) is 6.50. The lowest BCUT2D eigenvalue weighted by Crippen LogP contribution is -2.02. The SMILES string of the molecule is CC(CC(=O)O)c1ccc(F)c(Br)c1. The van der Waals surface area contributed by atoms with E-state index in [9.17, 15) is 9.18 Å². The summed E-state index contributed by atoms with van der Waals surface area (Å²) in [6, 6.07) is 4.55. The zero-order valence-corrected chi connectivity index (χ0v) is 9.21. The minimum absolute atomic E-state index is 0.0536. The molecule has 0 heterocycles. The van der Waals surface area contributed by atoms with Gasteiger partial charge in [0, 0.05) is 0 Å². The van der Waals surface area contributed by atoms with Crippen molar-refractivity contribution in [3.8, 4) is 0 Å². The number of hydrogen-bond acceptors (Lipinski definition) is 1. The van der Waals surface area contributed by atoms with Crippen molar-refractivity contribution in [1.29, 1.82) is 0 Å². The average molecular weight is 261 g/mol. The summed E-state index contributed by atoms with van der Waals surface area (Å²) in [5.74, 6) is -1.29. The van der Waals surface area contributed by atoms with Crippen LogP contribution < -0.4 is 0 Å². The van der Waals surface area contributed by atoms with Gasteiger partial charge in [-0.05, 0) is 39.5 Å². The second kappa shape index (κ2) is 4.55. The van der Waals surface area contributed by atoms with Gasteiger partial charge < -0.3 is 5.11 Å². The van der Waals surface area contributed by atoms with Crippen molar-refractivity contribution in [2.75, 3.05) is 0 Å². The van der Waals surface area contributed by atoms with Gasteiger partial charge in [-0.2, -0.15) is 0 Å². The first kappa shape index (κ1) is 11.2. The smallest absolute Gasteiger partial charge is 0.303 e. The van der Waals surface area contributed by atoms with Crippen molar-refractivity contribution in [1.82, 2.24) is 0 Å². The highest BCUT2D eigenvalue weighted by molar-refractivity contribution is 9.10. The molecule has 1 aromatic rings. The molecule has 0 aliphatic carbocycles. The Hall–Kier alpha value is -0.900. The molecular weight excluding hydrogens is 251 g/mol. The fraction of sp³-hybridized carbons (Fsp3) is 0.300. The third-order valence-corrected chi connectivity index (χ3v) is 2.60. The lowest BCUT2D eigenvalue weighted by atomic mass is 9.98. The van der Waals surface area contributed by atoms with Crippen molar-refractivity contribution >= 4 is 21.9 Å². The third-order valence-electron chi connectivity index (χ3n) is 1.99. The molecule has 0 aliphatic rings. The Morgan fingerprint density at radius 1 is 1.64 bits per heavy atom. The maximum Gasteiger partial charge on any atom is 0.303 e. The number of hydrogen-bond donors (Lipinski definition) is 1. The molecule has 1 rings (SSSR count). The molecule has 0 aliphatic heterocycles. The molecule has 0 saturated carbocycles. The molecule has 2 nitrogen and oxygen atoms in total. The molecule has 1 unspecified atom stereocenters. The van der Waals surface area contributed by atoms with Crippen molar-refractivity contribution in [3.05, 3.63) is 34.1 Å². The van der Waals surface area contributed by atoms with E-state index < -0.39 is 5.97 Å². The Balaban J connectivity index is 2.85. The molecule has 0 fully saturated rings. The van der Waals surface area contributed by atoms with E-state index >= 15 is 0 Å². The topological polar surface area (TPSA) is 37.3 Å². The number of halogens is 2. The van der Waals surface area contributed by atoms with E-state index in [1.165, 1.54) is 6.07 Å². The molecule has 0 amide bonds. The number of carboxylic acid groups (broad SMARTS) is 1. The van der Waals surface area contributed by atoms with Crippen molar-refractivity contribution in [2.45, 2.75) is 19.3 Å². The maximum atomic E-state index is 12.9. The van der Waals surface area contributed by atoms with E-state index in [1.807, 2.05) is 0 Å². The lowest BCUT2D eigenvalue weighted by Gasteiger charge is -2.09. The van der Waals surface area contributed by atoms with Gasteiger partial charge in [0.2, 0.25) is 0 Å². The molecule has 0 aromatic heterocycles. The number of benzene rings is 1. The standard InChI is InChI=1S/C10H10BrFO2/c1-6(4-10(13)14)7-2-3-9(12)8(11)5-7/h2-3,5-6H,4H2,1H3,(H,13,14). The molecule has 0 bridgehead atoms. The van der Waals surface area contributed by atoms with E-state index in [4.69, 9.17) is 5.11 Å². The van der Waals surface area contributed by atoms with Crippen LogP contribution in [0.3, 0.4) is 0 Å². The molecule has 1 atom stereocenters. The monoisotopic (exact) mass is 260 g/mol. The first-order valence-corrected chi connectivity index (χ1v) is 4.96. The van der Waals surface area contributed by atoms with Crippen LogP contribution in [0.4, 0.5) is 4.39 Å². The van der Waals surface area contributed by atoms with E-state index in [0.29, 0.717) is 4.47 Å². The molecule has 0 saturated heterocycles. The van der Waals surface area contributed by atoms with Crippen LogP contribution in [0.25, 0.3) is 0 Å². The van der Waals surface area contributed by atoms with Crippen molar-refractivity contribution in [3.63, 3.8) is 0 Å². The molecular formula is C10H10BrFO2. The zero-order chi connectivity index (χ0) is 10.7. The van der Waals surface area contributed by atoms with Crippen LogP contribution in [0.15, 0.2) is 22.7 Å². The van der Waals surface area contributed by atoms with Gasteiger partial charge in [-0.3, -0.25) is 4.79 Å². The van der Waals surface area contributed by atoms with Gasteiger partial charge in [-0.15, -0.1) is 0 Å². The van der Waals surface area contributed by atoms with Crippen LogP contribution >= 0.6 is 15.9 Å². The summed E-state index contributed by atoms with van der Waals surface area (Å²) in [4.78, 5) is 10.4. The van der Waals surface area contributed by atoms with Crippen LogP contribution in [0.1, 0.15) is 24.8 Å². The van der Waals surface area contributed by atoms with Gasteiger partial charge in [-0.1, -0.05) is 13.0 Å². The zero-order valence-electron chi connectivity index (χ0n) is 7.63. The minimum Gasteiger partial charge on any atom is -0.481 e. The van der Waals surface area contributed by atoms with Crippen molar-refractivity contribution in [2.24, 2.45) is 0 Å². The molecule has 1 N–H and O–H groups in total. The average Bonchev–Trinajstić information content (AvgIpc) is 2.08. The van der Waals surface area contributed by atoms with Crippen LogP contribution in [-0.2, 0) is 4.79 Å². The molecule has 76 valence electrons. The second-order valence-corrected chi connectivity index (χ2v) is 4.03. The lowest BCUT2D eigenvalue weighted by molar-refractivity contribution is -0.137. The Bertz CT molecular complexity index is 352. The molecule has 4 heteroatoms. The first-order valence-electron chi connectivity index (χ1n) is 4.17. The highest BCUT2D eigenvalue weighted by atomic mass is 79.9. The van der Waals surface area contributed by atoms with E-state index in [0.717, 1.165) is 5.56 Å². The Morgan fingerprint density at radius 2 is 2.29 bits per heavy atom. The van der Waals surface area contributed by atoms with Crippen LogP contribution in [0.5, 0.6) is 0 Å². The summed E-state index contributed by atoms with van der Waals surface area (Å²) in [5, 5.41) is 8.58. The van der Waals surface area contributed by atoms with Gasteiger partial charge in [0.1, 0.15) is 5.82 Å². The summed E-state index contributed by atoms with van der Waals surface area (Å²) >= 11 is 3.06. The number of carbonyl (C=O) groups is 1. The van der Waals surface area contributed by atoms with Gasteiger partial charge in [-0.25, -0.2) is 4.39 Å². The van der Waals surface area contributed by atoms with Gasteiger partial charge in [0.15, 0.2) is 0 Å². The number of carboxylic acids is 1. The van der Waals surface area contributed by atoms with Crippen LogP contribution in [0.2, 0.25) is 0 Å². The van der Waals surface area contributed by atoms with Crippen LogP contribution in [0, 0.1) is 5.82 Å². The fourth-order valence-corrected chi connectivity index (χ4v) is 1.60. The normalized spacial score (nSPS) is 12.5. The Labute approximate surface area is 89.9 Å². The predicted molar refractivity (Wildman–Crippen MR) is 54.8 cm³/mol. The summed E-state index contributed by atoms with van der Waals surface area (Å²) in [5.41, 5.74) is 0.820. The summed E-state index contributed by atoms with van der Waals surface area (Å²) in [6.45, 7) is 1.80. The van der Waals surface area contributed by atoms with Gasteiger partial charge >= 0.3 is 5.97 Å². The molecule has 14 heavy (non-hydrogen) atoms. The van der Waals surface area contributed by atoms with E-state index in [1.54, 1.807) is 19.1 Å². The second-order valence-electron chi connectivity index (χ2n) is 3.17. The quantitative estimate of drug-likeness (QED) is 0.907. The molecule has 0 radical (unpaired) electrons.